The average Bonchev–Trinajstić information content (AvgIpc) is 2.68. The van der Waals surface area contributed by atoms with Crippen LogP contribution >= 0.6 is 0 Å². The maximum absolute atomic E-state index is 12.5. The molecule has 0 radical (unpaired) electrons. The molecule has 2 N–H and O–H groups in total. The van der Waals surface area contributed by atoms with Gasteiger partial charge in [-0.3, -0.25) is 9.98 Å². The fraction of sp³-hybridized carbons (Fsp3) is 0.400. The van der Waals surface area contributed by atoms with Crippen LogP contribution in [-0.4, -0.2) is 44.3 Å². The molecular formula is C20H26F2N4O2. The van der Waals surface area contributed by atoms with Crippen molar-refractivity contribution in [1.29, 1.82) is 0 Å². The standard InChI is InChI=1S/C20H26F2N4O2/c1-3-23-20(26-13-10-16-6-4-5-11-24-16)25-12-9-15-7-8-17(27-2)18(14-15)28-19(21)22/h4-8,11,14,19H,3,9-10,12-13H2,1-2H3,(H2,23,25,26). The summed E-state index contributed by atoms with van der Waals surface area (Å²) in [5.41, 5.74) is 1.85. The predicted molar refractivity (Wildman–Crippen MR) is 105 cm³/mol. The summed E-state index contributed by atoms with van der Waals surface area (Å²) in [4.78, 5) is 8.82. The molecule has 0 aliphatic carbocycles. The molecule has 2 rings (SSSR count). The second kappa shape index (κ2) is 11.7. The summed E-state index contributed by atoms with van der Waals surface area (Å²) in [6.45, 7) is 1.04. The number of methoxy groups -OCH3 is 1. The molecule has 6 nitrogen and oxygen atoms in total. The first-order chi connectivity index (χ1) is 13.6. The number of aromatic nitrogens is 1. The van der Waals surface area contributed by atoms with Crippen molar-refractivity contribution in [3.63, 3.8) is 0 Å². The molecule has 0 fully saturated rings. The largest absolute Gasteiger partial charge is 0.493 e. The highest BCUT2D eigenvalue weighted by atomic mass is 19.3. The zero-order valence-electron chi connectivity index (χ0n) is 16.1. The van der Waals surface area contributed by atoms with E-state index in [-0.39, 0.29) is 11.5 Å². The van der Waals surface area contributed by atoms with E-state index in [2.05, 4.69) is 25.3 Å². The van der Waals surface area contributed by atoms with Crippen molar-refractivity contribution in [2.45, 2.75) is 26.4 Å². The summed E-state index contributed by atoms with van der Waals surface area (Å²) in [7, 11) is 1.42. The second-order valence-electron chi connectivity index (χ2n) is 5.87. The van der Waals surface area contributed by atoms with Crippen LogP contribution in [0.5, 0.6) is 11.5 Å². The van der Waals surface area contributed by atoms with Crippen molar-refractivity contribution >= 4 is 5.96 Å². The van der Waals surface area contributed by atoms with Gasteiger partial charge in [0, 0.05) is 37.9 Å². The molecule has 0 unspecified atom stereocenters. The summed E-state index contributed by atoms with van der Waals surface area (Å²) in [6, 6.07) is 10.8. The predicted octanol–water partition coefficient (Wildman–Crippen LogP) is 3.03. The third kappa shape index (κ3) is 7.38. The quantitative estimate of drug-likeness (QED) is 0.481. The number of guanidine groups is 1. The number of hydrogen-bond acceptors (Lipinski definition) is 4. The van der Waals surface area contributed by atoms with Gasteiger partial charge in [0.15, 0.2) is 17.5 Å². The number of alkyl halides is 2. The van der Waals surface area contributed by atoms with Crippen molar-refractivity contribution in [1.82, 2.24) is 15.6 Å². The third-order valence-corrected chi connectivity index (χ3v) is 3.86. The van der Waals surface area contributed by atoms with Crippen LogP contribution in [0, 0.1) is 0 Å². The van der Waals surface area contributed by atoms with Crippen molar-refractivity contribution in [2.75, 3.05) is 26.7 Å². The van der Waals surface area contributed by atoms with Gasteiger partial charge in [-0.05, 0) is 43.2 Å². The molecular weight excluding hydrogens is 366 g/mol. The van der Waals surface area contributed by atoms with Crippen molar-refractivity contribution in [3.05, 3.63) is 53.9 Å². The highest BCUT2D eigenvalue weighted by Crippen LogP contribution is 2.29. The highest BCUT2D eigenvalue weighted by Gasteiger charge is 2.11. The Morgan fingerprint density at radius 1 is 1.14 bits per heavy atom. The first-order valence-corrected chi connectivity index (χ1v) is 9.16. The summed E-state index contributed by atoms with van der Waals surface area (Å²) in [6.07, 6.45) is 3.14. The lowest BCUT2D eigenvalue weighted by Crippen LogP contribution is -2.38. The summed E-state index contributed by atoms with van der Waals surface area (Å²) in [5, 5.41) is 6.43. The maximum Gasteiger partial charge on any atom is 0.387 e. The molecule has 1 aromatic carbocycles. The smallest absolute Gasteiger partial charge is 0.387 e. The monoisotopic (exact) mass is 392 g/mol. The zero-order chi connectivity index (χ0) is 20.2. The average molecular weight is 392 g/mol. The second-order valence-corrected chi connectivity index (χ2v) is 5.87. The summed E-state index contributed by atoms with van der Waals surface area (Å²) < 4.78 is 34.6. The van der Waals surface area contributed by atoms with E-state index in [1.165, 1.54) is 7.11 Å². The van der Waals surface area contributed by atoms with Gasteiger partial charge in [-0.1, -0.05) is 12.1 Å². The first-order valence-electron chi connectivity index (χ1n) is 9.16. The Morgan fingerprint density at radius 3 is 2.68 bits per heavy atom. The number of ether oxygens (including phenoxy) is 2. The van der Waals surface area contributed by atoms with E-state index < -0.39 is 6.61 Å². The molecule has 1 aromatic heterocycles. The SMILES string of the molecule is CCNC(=NCCc1ccccn1)NCCc1ccc(OC)c(OC(F)F)c1. The molecule has 0 saturated carbocycles. The van der Waals surface area contributed by atoms with Crippen LogP contribution in [0.25, 0.3) is 0 Å². The molecule has 0 aliphatic heterocycles. The van der Waals surface area contributed by atoms with E-state index in [4.69, 9.17) is 4.74 Å². The fourth-order valence-corrected chi connectivity index (χ4v) is 2.56. The van der Waals surface area contributed by atoms with E-state index in [0.29, 0.717) is 25.5 Å². The highest BCUT2D eigenvalue weighted by molar-refractivity contribution is 5.79. The van der Waals surface area contributed by atoms with Gasteiger partial charge in [-0.15, -0.1) is 0 Å². The van der Waals surface area contributed by atoms with E-state index >= 15 is 0 Å². The normalized spacial score (nSPS) is 11.4. The molecule has 0 atom stereocenters. The Morgan fingerprint density at radius 2 is 2.00 bits per heavy atom. The zero-order valence-corrected chi connectivity index (χ0v) is 16.1. The number of aliphatic imine (C=N–C) groups is 1. The van der Waals surface area contributed by atoms with Gasteiger partial charge in [0.1, 0.15) is 0 Å². The van der Waals surface area contributed by atoms with Gasteiger partial charge in [0.05, 0.1) is 7.11 Å². The number of benzene rings is 1. The van der Waals surface area contributed by atoms with Crippen LogP contribution in [-0.2, 0) is 12.8 Å². The van der Waals surface area contributed by atoms with E-state index in [0.717, 1.165) is 24.2 Å². The van der Waals surface area contributed by atoms with Gasteiger partial charge in [-0.2, -0.15) is 8.78 Å². The minimum Gasteiger partial charge on any atom is -0.493 e. The molecule has 0 aliphatic rings. The molecule has 28 heavy (non-hydrogen) atoms. The van der Waals surface area contributed by atoms with Crippen molar-refractivity contribution in [3.8, 4) is 11.5 Å². The van der Waals surface area contributed by atoms with Crippen LogP contribution in [0.4, 0.5) is 8.78 Å². The fourth-order valence-electron chi connectivity index (χ4n) is 2.56. The van der Waals surface area contributed by atoms with Crippen LogP contribution in [0.3, 0.4) is 0 Å². The molecule has 152 valence electrons. The molecule has 0 bridgehead atoms. The lowest BCUT2D eigenvalue weighted by Gasteiger charge is -2.13. The number of rotatable bonds is 10. The maximum atomic E-state index is 12.5. The summed E-state index contributed by atoms with van der Waals surface area (Å²) in [5.74, 6) is 1.02. The molecule has 8 heteroatoms. The van der Waals surface area contributed by atoms with Crippen molar-refractivity contribution < 1.29 is 18.3 Å². The number of nitrogens with zero attached hydrogens (tertiary/aromatic N) is 2. The number of halogens is 2. The Balaban J connectivity index is 1.88. The van der Waals surface area contributed by atoms with Gasteiger partial charge in [0.25, 0.3) is 0 Å². The first kappa shape index (κ1) is 21.4. The van der Waals surface area contributed by atoms with Gasteiger partial charge < -0.3 is 20.1 Å². The molecule has 0 spiro atoms. The van der Waals surface area contributed by atoms with E-state index in [9.17, 15) is 8.78 Å². The third-order valence-electron chi connectivity index (χ3n) is 3.86. The Hall–Kier alpha value is -2.90. The van der Waals surface area contributed by atoms with Crippen LogP contribution in [0.15, 0.2) is 47.6 Å². The van der Waals surface area contributed by atoms with E-state index in [1.54, 1.807) is 18.3 Å². The molecule has 0 saturated heterocycles. The van der Waals surface area contributed by atoms with Crippen LogP contribution in [0.1, 0.15) is 18.2 Å². The van der Waals surface area contributed by atoms with Gasteiger partial charge in [0.2, 0.25) is 0 Å². The lowest BCUT2D eigenvalue weighted by atomic mass is 10.1. The number of nitrogens with one attached hydrogen (secondary N) is 2. The number of hydrogen-bond donors (Lipinski definition) is 2. The Labute approximate surface area is 164 Å². The molecule has 0 amide bonds. The Bertz CT molecular complexity index is 742. The summed E-state index contributed by atoms with van der Waals surface area (Å²) >= 11 is 0. The lowest BCUT2D eigenvalue weighted by molar-refractivity contribution is -0.0512. The van der Waals surface area contributed by atoms with Crippen LogP contribution in [0.2, 0.25) is 0 Å². The number of pyridine rings is 1. The van der Waals surface area contributed by atoms with Gasteiger partial charge in [-0.25, -0.2) is 0 Å². The molecule has 1 heterocycles. The topological polar surface area (TPSA) is 67.8 Å². The van der Waals surface area contributed by atoms with Crippen molar-refractivity contribution in [2.24, 2.45) is 4.99 Å². The minimum absolute atomic E-state index is 0.0333. The molecule has 2 aromatic rings. The van der Waals surface area contributed by atoms with E-state index in [1.807, 2.05) is 31.2 Å². The van der Waals surface area contributed by atoms with Crippen LogP contribution < -0.4 is 20.1 Å². The van der Waals surface area contributed by atoms with Gasteiger partial charge >= 0.3 is 6.61 Å². The minimum atomic E-state index is -2.89. The Kier molecular flexibility index (Phi) is 8.97.